The predicted molar refractivity (Wildman–Crippen MR) is 79.6 cm³/mol. The maximum atomic E-state index is 11.6. The summed E-state index contributed by atoms with van der Waals surface area (Å²) in [5, 5.41) is 0.718. The first-order valence-corrected chi connectivity index (χ1v) is 6.93. The van der Waals surface area contributed by atoms with Crippen molar-refractivity contribution >= 4 is 52.4 Å². The standard InChI is InChI=1S/C12H13Cl4NO2/c1-7-2-3-8(4-9(7)13)5-10(17)11(18)19-6-12(14,15)16/h2-3,5,10H,4,6,17H2,1H3/b8-5+. The van der Waals surface area contributed by atoms with E-state index < -0.39 is 15.8 Å². The van der Waals surface area contributed by atoms with Crippen molar-refractivity contribution < 1.29 is 9.53 Å². The van der Waals surface area contributed by atoms with Crippen LogP contribution in [0, 0.1) is 0 Å². The zero-order valence-corrected chi connectivity index (χ0v) is 13.2. The Balaban J connectivity index is 2.58. The van der Waals surface area contributed by atoms with Gasteiger partial charge in [0.25, 0.3) is 0 Å². The largest absolute Gasteiger partial charge is 0.460 e. The summed E-state index contributed by atoms with van der Waals surface area (Å²) in [6, 6.07) is -0.921. The quantitative estimate of drug-likeness (QED) is 0.628. The van der Waals surface area contributed by atoms with Crippen LogP contribution in [-0.2, 0) is 9.53 Å². The van der Waals surface area contributed by atoms with Crippen molar-refractivity contribution in [2.75, 3.05) is 6.61 Å². The van der Waals surface area contributed by atoms with Gasteiger partial charge >= 0.3 is 5.97 Å². The number of carbonyl (C=O) groups excluding carboxylic acids is 1. The molecule has 7 heteroatoms. The first-order valence-electron chi connectivity index (χ1n) is 5.42. The second kappa shape index (κ2) is 7.00. The summed E-state index contributed by atoms with van der Waals surface area (Å²) >= 11 is 22.4. The number of allylic oxidation sites excluding steroid dienone is 5. The molecule has 1 unspecified atom stereocenters. The lowest BCUT2D eigenvalue weighted by Crippen LogP contribution is -2.32. The molecule has 1 rings (SSSR count). The van der Waals surface area contributed by atoms with Gasteiger partial charge in [-0.15, -0.1) is 0 Å². The normalized spacial score (nSPS) is 19.8. The molecule has 0 spiro atoms. The van der Waals surface area contributed by atoms with E-state index in [0.717, 1.165) is 16.2 Å². The molecule has 0 aromatic rings. The lowest BCUT2D eigenvalue weighted by Gasteiger charge is -2.15. The summed E-state index contributed by atoms with van der Waals surface area (Å²) in [5.41, 5.74) is 7.52. The molecule has 1 aliphatic rings. The van der Waals surface area contributed by atoms with Gasteiger partial charge in [0.1, 0.15) is 12.6 Å². The highest BCUT2D eigenvalue weighted by molar-refractivity contribution is 6.67. The van der Waals surface area contributed by atoms with E-state index in [1.807, 2.05) is 19.1 Å². The Morgan fingerprint density at radius 2 is 2.16 bits per heavy atom. The van der Waals surface area contributed by atoms with Crippen molar-refractivity contribution in [2.45, 2.75) is 23.2 Å². The number of halogens is 4. The van der Waals surface area contributed by atoms with Gasteiger partial charge < -0.3 is 10.5 Å². The van der Waals surface area contributed by atoms with Crippen LogP contribution < -0.4 is 5.73 Å². The van der Waals surface area contributed by atoms with Crippen molar-refractivity contribution in [1.29, 1.82) is 0 Å². The lowest BCUT2D eigenvalue weighted by atomic mass is 10.0. The van der Waals surface area contributed by atoms with Gasteiger partial charge in [0.15, 0.2) is 0 Å². The highest BCUT2D eigenvalue weighted by Crippen LogP contribution is 2.27. The SMILES string of the molecule is CC1=C(Cl)C/C(=C/C(N)C(=O)OCC(Cl)(Cl)Cl)C=C1. The van der Waals surface area contributed by atoms with E-state index in [-0.39, 0.29) is 6.61 Å². The summed E-state index contributed by atoms with van der Waals surface area (Å²) in [7, 11) is 0. The number of nitrogens with two attached hydrogens (primary N) is 1. The highest BCUT2D eigenvalue weighted by atomic mass is 35.6. The Bertz CT molecular complexity index is 449. The second-order valence-corrected chi connectivity index (χ2v) is 7.06. The van der Waals surface area contributed by atoms with Crippen molar-refractivity contribution in [3.05, 3.63) is 34.4 Å². The van der Waals surface area contributed by atoms with Crippen LogP contribution >= 0.6 is 46.4 Å². The van der Waals surface area contributed by atoms with Crippen LogP contribution in [0.5, 0.6) is 0 Å². The van der Waals surface area contributed by atoms with E-state index in [1.54, 1.807) is 6.08 Å². The van der Waals surface area contributed by atoms with Crippen LogP contribution in [0.1, 0.15) is 13.3 Å². The third kappa shape index (κ3) is 6.19. The molecule has 0 aliphatic heterocycles. The van der Waals surface area contributed by atoms with E-state index in [4.69, 9.17) is 56.9 Å². The Morgan fingerprint density at radius 1 is 1.53 bits per heavy atom. The first kappa shape index (κ1) is 16.9. The number of alkyl halides is 3. The van der Waals surface area contributed by atoms with E-state index in [2.05, 4.69) is 0 Å². The van der Waals surface area contributed by atoms with E-state index >= 15 is 0 Å². The molecule has 0 aromatic carbocycles. The molecule has 1 atom stereocenters. The van der Waals surface area contributed by atoms with Crippen LogP contribution in [0.2, 0.25) is 0 Å². The summed E-state index contributed by atoms with van der Waals surface area (Å²) in [4.78, 5) is 11.6. The van der Waals surface area contributed by atoms with Gasteiger partial charge in [-0.1, -0.05) is 64.6 Å². The fraction of sp³-hybridized carbons (Fsp3) is 0.417. The number of esters is 1. The molecule has 19 heavy (non-hydrogen) atoms. The van der Waals surface area contributed by atoms with Crippen molar-refractivity contribution in [3.8, 4) is 0 Å². The average Bonchev–Trinajstić information content (AvgIpc) is 2.29. The fourth-order valence-corrected chi connectivity index (χ4v) is 1.74. The number of ether oxygens (including phenoxy) is 1. The first-order chi connectivity index (χ1) is 8.69. The number of carbonyl (C=O) groups is 1. The molecule has 0 bridgehead atoms. The van der Waals surface area contributed by atoms with Gasteiger partial charge in [-0.3, -0.25) is 4.79 Å². The monoisotopic (exact) mass is 343 g/mol. The minimum Gasteiger partial charge on any atom is -0.460 e. The molecule has 0 radical (unpaired) electrons. The van der Waals surface area contributed by atoms with E-state index in [9.17, 15) is 4.79 Å². The highest BCUT2D eigenvalue weighted by Gasteiger charge is 2.24. The molecular weight excluding hydrogens is 332 g/mol. The summed E-state index contributed by atoms with van der Waals surface area (Å²) < 4.78 is 3.14. The fourth-order valence-electron chi connectivity index (χ4n) is 1.36. The molecule has 2 N–H and O–H groups in total. The third-order valence-electron chi connectivity index (χ3n) is 2.38. The van der Waals surface area contributed by atoms with Crippen molar-refractivity contribution in [2.24, 2.45) is 5.73 Å². The minimum atomic E-state index is -1.64. The average molecular weight is 345 g/mol. The Labute approximate surface area is 132 Å². The molecule has 106 valence electrons. The van der Waals surface area contributed by atoms with Crippen molar-refractivity contribution in [1.82, 2.24) is 0 Å². The maximum Gasteiger partial charge on any atom is 0.327 e. The third-order valence-corrected chi connectivity index (χ3v) is 3.14. The number of rotatable bonds is 3. The van der Waals surface area contributed by atoms with Gasteiger partial charge in [-0.2, -0.15) is 0 Å². The zero-order valence-electron chi connectivity index (χ0n) is 10.1. The molecule has 0 amide bonds. The lowest BCUT2D eigenvalue weighted by molar-refractivity contribution is -0.143. The number of hydrogen-bond donors (Lipinski definition) is 1. The molecule has 0 saturated carbocycles. The summed E-state index contributed by atoms with van der Waals surface area (Å²) in [5.74, 6) is -0.658. The molecule has 0 aromatic heterocycles. The van der Waals surface area contributed by atoms with Gasteiger partial charge in [-0.25, -0.2) is 0 Å². The van der Waals surface area contributed by atoms with Crippen LogP contribution in [0.25, 0.3) is 0 Å². The summed E-state index contributed by atoms with van der Waals surface area (Å²) in [6.45, 7) is 1.56. The number of hydrogen-bond acceptors (Lipinski definition) is 3. The van der Waals surface area contributed by atoms with Gasteiger partial charge in [0, 0.05) is 11.5 Å². The summed E-state index contributed by atoms with van der Waals surface area (Å²) in [6.07, 6.45) is 5.82. The van der Waals surface area contributed by atoms with Crippen LogP contribution in [0.3, 0.4) is 0 Å². The topological polar surface area (TPSA) is 52.3 Å². The zero-order chi connectivity index (χ0) is 14.6. The molecule has 3 nitrogen and oxygen atoms in total. The van der Waals surface area contributed by atoms with E-state index in [0.29, 0.717) is 6.42 Å². The van der Waals surface area contributed by atoms with Crippen LogP contribution in [0.4, 0.5) is 0 Å². The smallest absolute Gasteiger partial charge is 0.327 e. The van der Waals surface area contributed by atoms with E-state index in [1.165, 1.54) is 0 Å². The van der Waals surface area contributed by atoms with Gasteiger partial charge in [0.2, 0.25) is 3.79 Å². The van der Waals surface area contributed by atoms with Gasteiger partial charge in [0.05, 0.1) is 0 Å². The molecule has 0 heterocycles. The molecule has 0 saturated heterocycles. The second-order valence-electron chi connectivity index (χ2n) is 4.09. The van der Waals surface area contributed by atoms with Gasteiger partial charge in [-0.05, 0) is 18.1 Å². The van der Waals surface area contributed by atoms with Crippen molar-refractivity contribution in [3.63, 3.8) is 0 Å². The molecule has 1 aliphatic carbocycles. The Kier molecular flexibility index (Phi) is 6.21. The Morgan fingerprint density at radius 3 is 2.68 bits per heavy atom. The maximum absolute atomic E-state index is 11.6. The Hall–Kier alpha value is -0.190. The molecular formula is C12H13Cl4NO2. The minimum absolute atomic E-state index is 0.344. The predicted octanol–water partition coefficient (Wildman–Crippen LogP) is 3.63. The van der Waals surface area contributed by atoms with Crippen LogP contribution in [0.15, 0.2) is 34.4 Å². The molecule has 0 fully saturated rings. The van der Waals surface area contributed by atoms with Crippen LogP contribution in [-0.4, -0.2) is 22.4 Å².